The Hall–Kier alpha value is -2.82. The fraction of sp³-hybridized carbons (Fsp3) is 0.360. The number of pyridine rings is 1. The van der Waals surface area contributed by atoms with Crippen LogP contribution in [0.1, 0.15) is 31.0 Å². The number of ether oxygens (including phenoxy) is 1. The van der Waals surface area contributed by atoms with E-state index in [1.54, 1.807) is 25.2 Å². The first kappa shape index (κ1) is 27.2. The summed E-state index contributed by atoms with van der Waals surface area (Å²) in [7, 11) is 1.57. The lowest BCUT2D eigenvalue weighted by Gasteiger charge is -2.24. The first-order valence-corrected chi connectivity index (χ1v) is 13.2. The maximum atomic E-state index is 12.9. The number of hydrogen-bond donors (Lipinski definition) is 1. The third-order valence-corrected chi connectivity index (χ3v) is 8.09. The molecule has 37 heavy (non-hydrogen) atoms. The van der Waals surface area contributed by atoms with Crippen molar-refractivity contribution in [2.45, 2.75) is 39.3 Å². The number of fused-ring (bicyclic) bond motifs is 1. The number of rotatable bonds is 7. The molecule has 196 valence electrons. The molecule has 3 aromatic rings. The molecule has 1 fully saturated rings. The minimum Gasteiger partial charge on any atom is -0.485 e. The molecule has 1 N–H and O–H groups in total. The summed E-state index contributed by atoms with van der Waals surface area (Å²) in [5, 5.41) is 3.30. The second-order valence-electron chi connectivity index (χ2n) is 8.74. The van der Waals surface area contributed by atoms with Crippen LogP contribution in [0.2, 0.25) is 10.0 Å². The lowest BCUT2D eigenvalue weighted by Crippen LogP contribution is -2.48. The Labute approximate surface area is 232 Å². The van der Waals surface area contributed by atoms with E-state index in [-0.39, 0.29) is 35.9 Å². The van der Waals surface area contributed by atoms with Crippen LogP contribution in [0.15, 0.2) is 35.1 Å². The van der Waals surface area contributed by atoms with E-state index in [0.29, 0.717) is 40.6 Å². The van der Waals surface area contributed by atoms with Crippen LogP contribution in [0.25, 0.3) is 5.65 Å². The zero-order valence-electron chi connectivity index (χ0n) is 20.6. The molecule has 3 heterocycles. The van der Waals surface area contributed by atoms with E-state index >= 15 is 0 Å². The summed E-state index contributed by atoms with van der Waals surface area (Å²) < 4.78 is 8.73. The second kappa shape index (κ2) is 11.3. The second-order valence-corrected chi connectivity index (χ2v) is 10.3. The van der Waals surface area contributed by atoms with Crippen LogP contribution in [-0.4, -0.2) is 58.2 Å². The van der Waals surface area contributed by atoms with E-state index in [4.69, 9.17) is 27.9 Å². The molecule has 2 aromatic heterocycles. The summed E-state index contributed by atoms with van der Waals surface area (Å²) in [6.45, 7) is 3.68. The molecule has 1 aliphatic heterocycles. The van der Waals surface area contributed by atoms with Gasteiger partial charge in [-0.15, -0.1) is 0 Å². The number of amides is 3. The van der Waals surface area contributed by atoms with Crippen molar-refractivity contribution in [3.8, 4) is 5.75 Å². The largest absolute Gasteiger partial charge is 0.485 e. The number of anilines is 1. The van der Waals surface area contributed by atoms with Crippen molar-refractivity contribution in [2.75, 3.05) is 25.0 Å². The number of aromatic nitrogens is 2. The third kappa shape index (κ3) is 5.56. The molecule has 1 saturated heterocycles. The zero-order valence-corrected chi connectivity index (χ0v) is 23.7. The topological polar surface area (TPSA) is 96.2 Å². The van der Waals surface area contributed by atoms with Gasteiger partial charge in [0.1, 0.15) is 17.3 Å². The molecule has 0 spiro atoms. The summed E-state index contributed by atoms with van der Waals surface area (Å²) in [5.74, 6) is -0.330. The number of benzene rings is 1. The van der Waals surface area contributed by atoms with Gasteiger partial charge in [-0.05, 0) is 60.0 Å². The van der Waals surface area contributed by atoms with E-state index < -0.39 is 6.04 Å². The van der Waals surface area contributed by atoms with Crippen LogP contribution in [0.4, 0.5) is 5.69 Å². The normalized spacial score (nSPS) is 15.2. The number of nitrogens with one attached hydrogen (secondary N) is 1. The molecule has 1 aromatic carbocycles. The molecule has 0 saturated carbocycles. The van der Waals surface area contributed by atoms with Gasteiger partial charge in [0.05, 0.1) is 22.9 Å². The highest BCUT2D eigenvalue weighted by Gasteiger charge is 2.32. The van der Waals surface area contributed by atoms with Crippen LogP contribution in [0.3, 0.4) is 0 Å². The Morgan fingerprint density at radius 2 is 2.03 bits per heavy atom. The molecule has 1 aliphatic rings. The van der Waals surface area contributed by atoms with Gasteiger partial charge in [-0.1, -0.05) is 23.2 Å². The van der Waals surface area contributed by atoms with Gasteiger partial charge in [-0.25, -0.2) is 4.98 Å². The summed E-state index contributed by atoms with van der Waals surface area (Å²) in [6, 6.07) is 6.37. The van der Waals surface area contributed by atoms with E-state index in [1.807, 2.05) is 23.6 Å². The number of carbonyl (C=O) groups is 3. The molecular weight excluding hydrogens is 585 g/mol. The molecule has 9 nitrogen and oxygen atoms in total. The van der Waals surface area contributed by atoms with Gasteiger partial charge in [-0.3, -0.25) is 18.8 Å². The average molecular weight is 611 g/mol. The Morgan fingerprint density at radius 1 is 1.27 bits per heavy atom. The Bertz CT molecular complexity index is 1380. The summed E-state index contributed by atoms with van der Waals surface area (Å²) in [6.07, 6.45) is 3.20. The number of imidazole rings is 1. The molecular formula is C25H26BrCl2N5O4. The smallest absolute Gasteiger partial charge is 0.246 e. The fourth-order valence-electron chi connectivity index (χ4n) is 4.32. The van der Waals surface area contributed by atoms with Crippen LogP contribution in [0.5, 0.6) is 5.75 Å². The van der Waals surface area contributed by atoms with Gasteiger partial charge < -0.3 is 19.9 Å². The first-order chi connectivity index (χ1) is 17.6. The molecule has 0 radical (unpaired) electrons. The van der Waals surface area contributed by atoms with Gasteiger partial charge in [0.2, 0.25) is 17.7 Å². The summed E-state index contributed by atoms with van der Waals surface area (Å²) in [4.78, 5) is 44.6. The molecule has 4 rings (SSSR count). The zero-order chi connectivity index (χ0) is 26.9. The van der Waals surface area contributed by atoms with E-state index in [0.717, 1.165) is 16.7 Å². The van der Waals surface area contributed by atoms with Crippen LogP contribution < -0.4 is 15.0 Å². The minimum absolute atomic E-state index is 0.0516. The van der Waals surface area contributed by atoms with Crippen LogP contribution in [0, 0.1) is 6.92 Å². The number of carbonyl (C=O) groups excluding carboxylic acids is 3. The minimum atomic E-state index is -0.553. The van der Waals surface area contributed by atoms with E-state index in [9.17, 15) is 14.4 Å². The van der Waals surface area contributed by atoms with E-state index in [1.165, 1.54) is 16.7 Å². The third-order valence-electron chi connectivity index (χ3n) is 6.36. The standard InChI is InChI=1S/C25H26BrCl2N5O4/c1-14-23(26)33-11-5-7-20(24(33)30-14)37-13-16-17(27)8-9-18(22(16)28)31(3)21(35)12-29-25(36)19-6-4-10-32(19)15(2)34/h5,7-9,11,19H,4,6,10,12-13H2,1-3H3,(H,29,36)/t19-/m0/s1. The predicted molar refractivity (Wildman–Crippen MR) is 145 cm³/mol. The van der Waals surface area contributed by atoms with Gasteiger partial charge >= 0.3 is 0 Å². The lowest BCUT2D eigenvalue weighted by molar-refractivity contribution is -0.137. The molecule has 0 aliphatic carbocycles. The van der Waals surface area contributed by atoms with Gasteiger partial charge in [0, 0.05) is 37.3 Å². The quantitative estimate of drug-likeness (QED) is 0.428. The molecule has 3 amide bonds. The fourth-order valence-corrected chi connectivity index (χ4v) is 5.30. The number of nitrogens with zero attached hydrogens (tertiary/aromatic N) is 4. The predicted octanol–water partition coefficient (Wildman–Crippen LogP) is 4.38. The number of likely N-dealkylation sites (tertiary alicyclic amines) is 1. The Kier molecular flexibility index (Phi) is 8.30. The maximum absolute atomic E-state index is 12.9. The summed E-state index contributed by atoms with van der Waals surface area (Å²) in [5.41, 5.74) is 2.40. The molecule has 12 heteroatoms. The SMILES string of the molecule is CC(=O)N1CCC[C@H]1C(=O)NCC(=O)N(C)c1ccc(Cl)c(COc2cccn3c(Br)c(C)nc23)c1Cl. The van der Waals surface area contributed by atoms with Gasteiger partial charge in [-0.2, -0.15) is 0 Å². The van der Waals surface area contributed by atoms with Crippen LogP contribution >= 0.6 is 39.1 Å². The van der Waals surface area contributed by atoms with Crippen molar-refractivity contribution >= 4 is 68.2 Å². The van der Waals surface area contributed by atoms with E-state index in [2.05, 4.69) is 26.2 Å². The van der Waals surface area contributed by atoms with Crippen LogP contribution in [-0.2, 0) is 21.0 Å². The number of aryl methyl sites for hydroxylation is 1. The Morgan fingerprint density at radius 3 is 2.76 bits per heavy atom. The molecule has 1 atom stereocenters. The van der Waals surface area contributed by atoms with Gasteiger partial charge in [0.25, 0.3) is 0 Å². The number of hydrogen-bond acceptors (Lipinski definition) is 5. The number of halogens is 3. The highest BCUT2D eigenvalue weighted by atomic mass is 79.9. The van der Waals surface area contributed by atoms with Crippen molar-refractivity contribution in [3.63, 3.8) is 0 Å². The molecule has 0 unspecified atom stereocenters. The highest BCUT2D eigenvalue weighted by Crippen LogP contribution is 2.35. The maximum Gasteiger partial charge on any atom is 0.246 e. The molecule has 0 bridgehead atoms. The Balaban J connectivity index is 1.45. The van der Waals surface area contributed by atoms with Crippen molar-refractivity contribution in [1.82, 2.24) is 19.6 Å². The van der Waals surface area contributed by atoms with Crippen molar-refractivity contribution in [3.05, 3.63) is 56.4 Å². The summed E-state index contributed by atoms with van der Waals surface area (Å²) >= 11 is 16.6. The lowest BCUT2D eigenvalue weighted by atomic mass is 10.2. The van der Waals surface area contributed by atoms with Crippen molar-refractivity contribution in [2.24, 2.45) is 0 Å². The highest BCUT2D eigenvalue weighted by molar-refractivity contribution is 9.10. The van der Waals surface area contributed by atoms with Gasteiger partial charge in [0.15, 0.2) is 11.4 Å². The first-order valence-electron chi connectivity index (χ1n) is 11.6. The number of likely N-dealkylation sites (N-methyl/N-ethyl adjacent to an activating group) is 1. The van der Waals surface area contributed by atoms with Crippen molar-refractivity contribution < 1.29 is 19.1 Å². The van der Waals surface area contributed by atoms with Crippen molar-refractivity contribution in [1.29, 1.82) is 0 Å². The average Bonchev–Trinajstić information content (AvgIpc) is 3.47. The monoisotopic (exact) mass is 609 g/mol.